The highest BCUT2D eigenvalue weighted by atomic mass is 19.4. The summed E-state index contributed by atoms with van der Waals surface area (Å²) in [5.41, 5.74) is 0. The maximum absolute atomic E-state index is 12.3. The summed E-state index contributed by atoms with van der Waals surface area (Å²) in [6.07, 6.45) is -1.33. The van der Waals surface area contributed by atoms with Gasteiger partial charge in [-0.25, -0.2) is 0 Å². The molecule has 6 heteroatoms. The third-order valence-corrected chi connectivity index (χ3v) is 3.58. The lowest BCUT2D eigenvalue weighted by Gasteiger charge is -2.39. The number of hydrogen-bond donors (Lipinski definition) is 0. The fourth-order valence-corrected chi connectivity index (χ4v) is 2.68. The van der Waals surface area contributed by atoms with Crippen LogP contribution in [0.15, 0.2) is 0 Å². The van der Waals surface area contributed by atoms with E-state index in [0.29, 0.717) is 38.9 Å². The highest BCUT2D eigenvalue weighted by Gasteiger charge is 2.42. The van der Waals surface area contributed by atoms with Crippen LogP contribution in [0.5, 0.6) is 0 Å². The van der Waals surface area contributed by atoms with Crippen molar-refractivity contribution in [2.75, 3.05) is 26.8 Å². The molecule has 0 unspecified atom stereocenters. The second kappa shape index (κ2) is 4.74. The van der Waals surface area contributed by atoms with Crippen molar-refractivity contribution in [1.29, 1.82) is 0 Å². The lowest BCUT2D eigenvalue weighted by molar-refractivity contribution is -0.189. The Balaban J connectivity index is 1.82. The average Bonchev–Trinajstić information content (AvgIpc) is 2.65. The van der Waals surface area contributed by atoms with Gasteiger partial charge in [-0.15, -0.1) is 0 Å². The van der Waals surface area contributed by atoms with E-state index in [-0.39, 0.29) is 6.04 Å². The van der Waals surface area contributed by atoms with Crippen LogP contribution >= 0.6 is 0 Å². The van der Waals surface area contributed by atoms with Crippen molar-refractivity contribution in [2.24, 2.45) is 0 Å². The van der Waals surface area contributed by atoms with E-state index in [1.165, 1.54) is 11.9 Å². The Kier molecular flexibility index (Phi) is 3.66. The van der Waals surface area contributed by atoms with Gasteiger partial charge in [0.15, 0.2) is 5.79 Å². The van der Waals surface area contributed by atoms with Crippen LogP contribution in [0.2, 0.25) is 0 Å². The van der Waals surface area contributed by atoms with Gasteiger partial charge < -0.3 is 9.47 Å². The summed E-state index contributed by atoms with van der Waals surface area (Å²) in [6.45, 7) is 0.360. The van der Waals surface area contributed by atoms with Crippen LogP contribution < -0.4 is 0 Å². The molecule has 2 fully saturated rings. The molecule has 1 spiro atoms. The zero-order valence-electron chi connectivity index (χ0n) is 9.92. The molecule has 1 heterocycles. The molecular weight excluding hydrogens is 235 g/mol. The summed E-state index contributed by atoms with van der Waals surface area (Å²) in [4.78, 5) is 1.39. The minimum Gasteiger partial charge on any atom is -0.348 e. The van der Waals surface area contributed by atoms with Crippen LogP contribution in [0.1, 0.15) is 25.7 Å². The summed E-state index contributed by atoms with van der Waals surface area (Å²) in [6, 6.07) is -0.0185. The Morgan fingerprint density at radius 2 is 1.71 bits per heavy atom. The van der Waals surface area contributed by atoms with Gasteiger partial charge in [-0.2, -0.15) is 13.2 Å². The van der Waals surface area contributed by atoms with Gasteiger partial charge in [0, 0.05) is 18.9 Å². The fraction of sp³-hybridized carbons (Fsp3) is 1.00. The quantitative estimate of drug-likeness (QED) is 0.752. The zero-order chi connectivity index (χ0) is 12.5. The Labute approximate surface area is 98.9 Å². The third-order valence-electron chi connectivity index (χ3n) is 3.58. The highest BCUT2D eigenvalue weighted by Crippen LogP contribution is 2.37. The van der Waals surface area contributed by atoms with Crippen LogP contribution in [0, 0.1) is 0 Å². The second-order valence-corrected chi connectivity index (χ2v) is 4.87. The topological polar surface area (TPSA) is 21.7 Å². The standard InChI is InChI=1S/C11H18F3NO2/c1-15(8-11(12,13)14)9-2-4-10(5-3-9)16-6-7-17-10/h9H,2-8H2,1H3. The zero-order valence-corrected chi connectivity index (χ0v) is 9.92. The number of rotatable bonds is 2. The molecule has 17 heavy (non-hydrogen) atoms. The van der Waals surface area contributed by atoms with Crippen molar-refractivity contribution in [1.82, 2.24) is 4.90 Å². The molecule has 2 aliphatic rings. The molecule has 0 aromatic heterocycles. The lowest BCUT2D eigenvalue weighted by Crippen LogP contribution is -2.45. The summed E-state index contributed by atoms with van der Waals surface area (Å²) >= 11 is 0. The molecule has 3 nitrogen and oxygen atoms in total. The number of ether oxygens (including phenoxy) is 2. The van der Waals surface area contributed by atoms with Crippen molar-refractivity contribution in [3.63, 3.8) is 0 Å². The molecule has 0 radical (unpaired) electrons. The van der Waals surface area contributed by atoms with Crippen molar-refractivity contribution < 1.29 is 22.6 Å². The summed E-state index contributed by atoms with van der Waals surface area (Å²) in [5.74, 6) is -0.491. The minimum atomic E-state index is -4.12. The molecule has 100 valence electrons. The molecule has 1 saturated carbocycles. The minimum absolute atomic E-state index is 0.0185. The number of hydrogen-bond acceptors (Lipinski definition) is 3. The first-order valence-corrected chi connectivity index (χ1v) is 5.95. The molecule has 0 N–H and O–H groups in total. The predicted molar refractivity (Wildman–Crippen MR) is 55.6 cm³/mol. The predicted octanol–water partition coefficient (Wildman–Crippen LogP) is 2.17. The molecule has 0 atom stereocenters. The molecule has 0 aromatic carbocycles. The summed E-state index contributed by atoms with van der Waals surface area (Å²) in [7, 11) is 1.53. The van der Waals surface area contributed by atoms with Gasteiger partial charge in [-0.3, -0.25) is 4.90 Å². The monoisotopic (exact) mass is 253 g/mol. The van der Waals surface area contributed by atoms with Crippen molar-refractivity contribution >= 4 is 0 Å². The van der Waals surface area contributed by atoms with Gasteiger partial charge in [0.2, 0.25) is 0 Å². The van der Waals surface area contributed by atoms with E-state index in [9.17, 15) is 13.2 Å². The van der Waals surface area contributed by atoms with E-state index in [0.717, 1.165) is 0 Å². The molecule has 1 aliphatic heterocycles. The van der Waals surface area contributed by atoms with Crippen LogP contribution in [0.25, 0.3) is 0 Å². The van der Waals surface area contributed by atoms with Crippen LogP contribution in [0.4, 0.5) is 13.2 Å². The van der Waals surface area contributed by atoms with Gasteiger partial charge >= 0.3 is 6.18 Å². The molecule has 1 aliphatic carbocycles. The molecule has 0 amide bonds. The van der Waals surface area contributed by atoms with Gasteiger partial charge in [0.1, 0.15) is 0 Å². The van der Waals surface area contributed by atoms with Crippen LogP contribution in [0.3, 0.4) is 0 Å². The largest absolute Gasteiger partial charge is 0.401 e. The Bertz CT molecular complexity index is 254. The first kappa shape index (κ1) is 13.1. The third kappa shape index (κ3) is 3.33. The van der Waals surface area contributed by atoms with E-state index in [2.05, 4.69) is 0 Å². The maximum atomic E-state index is 12.3. The Hall–Kier alpha value is -0.330. The molecule has 0 bridgehead atoms. The molecule has 0 aromatic rings. The first-order chi connectivity index (χ1) is 7.90. The maximum Gasteiger partial charge on any atom is 0.401 e. The van der Waals surface area contributed by atoms with Gasteiger partial charge in [0.25, 0.3) is 0 Å². The normalized spacial score (nSPS) is 25.9. The van der Waals surface area contributed by atoms with E-state index < -0.39 is 18.5 Å². The molecule has 1 saturated heterocycles. The Morgan fingerprint density at radius 1 is 1.18 bits per heavy atom. The van der Waals surface area contributed by atoms with Gasteiger partial charge in [0.05, 0.1) is 19.8 Å². The number of halogens is 3. The smallest absolute Gasteiger partial charge is 0.348 e. The van der Waals surface area contributed by atoms with Crippen molar-refractivity contribution in [3.05, 3.63) is 0 Å². The van der Waals surface area contributed by atoms with Gasteiger partial charge in [-0.05, 0) is 19.9 Å². The van der Waals surface area contributed by atoms with Gasteiger partial charge in [-0.1, -0.05) is 0 Å². The highest BCUT2D eigenvalue weighted by molar-refractivity contribution is 4.86. The Morgan fingerprint density at radius 3 is 2.18 bits per heavy atom. The number of alkyl halides is 3. The van der Waals surface area contributed by atoms with Crippen LogP contribution in [-0.4, -0.2) is 49.7 Å². The van der Waals surface area contributed by atoms with Crippen molar-refractivity contribution in [2.45, 2.75) is 43.7 Å². The van der Waals surface area contributed by atoms with E-state index >= 15 is 0 Å². The van der Waals surface area contributed by atoms with E-state index in [4.69, 9.17) is 9.47 Å². The SMILES string of the molecule is CN(CC(F)(F)F)C1CCC2(CC1)OCCO2. The van der Waals surface area contributed by atoms with E-state index in [1.54, 1.807) is 0 Å². The summed E-state index contributed by atoms with van der Waals surface area (Å²) < 4.78 is 47.9. The molecular formula is C11H18F3NO2. The first-order valence-electron chi connectivity index (χ1n) is 5.95. The van der Waals surface area contributed by atoms with E-state index in [1.807, 2.05) is 0 Å². The fourth-order valence-electron chi connectivity index (χ4n) is 2.68. The van der Waals surface area contributed by atoms with Crippen LogP contribution in [-0.2, 0) is 9.47 Å². The number of nitrogens with zero attached hydrogens (tertiary/aromatic N) is 1. The average molecular weight is 253 g/mol. The summed E-state index contributed by atoms with van der Waals surface area (Å²) in [5, 5.41) is 0. The molecule has 2 rings (SSSR count). The van der Waals surface area contributed by atoms with Crippen molar-refractivity contribution in [3.8, 4) is 0 Å². The lowest BCUT2D eigenvalue weighted by atomic mass is 9.89. The second-order valence-electron chi connectivity index (χ2n) is 4.87.